The lowest BCUT2D eigenvalue weighted by atomic mass is 9.83. The van der Waals surface area contributed by atoms with Crippen LogP contribution in [0.15, 0.2) is 71.5 Å². The fourth-order valence-corrected chi connectivity index (χ4v) is 4.89. The first-order valence-electron chi connectivity index (χ1n) is 11.0. The quantitative estimate of drug-likeness (QED) is 0.583. The maximum absolute atomic E-state index is 13.3. The Morgan fingerprint density at radius 2 is 1.68 bits per heavy atom. The Bertz CT molecular complexity index is 1260. The van der Waals surface area contributed by atoms with Gasteiger partial charge < -0.3 is 19.5 Å². The second-order valence-corrected chi connectivity index (χ2v) is 8.66. The van der Waals surface area contributed by atoms with Gasteiger partial charge in [-0.05, 0) is 54.3 Å². The highest BCUT2D eigenvalue weighted by Gasteiger charge is 2.37. The van der Waals surface area contributed by atoms with Gasteiger partial charge in [0.05, 0.1) is 0 Å². The highest BCUT2D eigenvalue weighted by Crippen LogP contribution is 2.36. The highest BCUT2D eigenvalue weighted by atomic mass is 19.4. The zero-order valence-electron chi connectivity index (χ0n) is 18.1. The lowest BCUT2D eigenvalue weighted by Gasteiger charge is -2.42. The molecule has 3 heterocycles. The van der Waals surface area contributed by atoms with Gasteiger partial charge in [-0.25, -0.2) is 4.79 Å². The largest absolute Gasteiger partial charge is 0.573 e. The first-order chi connectivity index (χ1) is 16.3. The van der Waals surface area contributed by atoms with E-state index in [1.807, 2.05) is 36.4 Å². The van der Waals surface area contributed by atoms with E-state index in [0.717, 1.165) is 17.8 Å². The van der Waals surface area contributed by atoms with Crippen molar-refractivity contribution < 1.29 is 22.7 Å². The number of likely N-dealkylation sites (tertiary alicyclic amines) is 1. The molecule has 0 spiro atoms. The molecule has 176 valence electrons. The maximum atomic E-state index is 13.3. The number of carbonyl (C=O) groups excluding carboxylic acids is 1. The number of urea groups is 1. The molecule has 2 aliphatic heterocycles. The number of fused-ring (bicyclic) bond motifs is 4. The molecule has 2 amide bonds. The number of halogens is 3. The predicted octanol–water partition coefficient (Wildman–Crippen LogP) is 5.07. The predicted molar refractivity (Wildman–Crippen MR) is 121 cm³/mol. The Labute approximate surface area is 193 Å². The third-order valence-corrected chi connectivity index (χ3v) is 6.32. The number of piperidine rings is 1. The van der Waals surface area contributed by atoms with E-state index in [9.17, 15) is 22.8 Å². The van der Waals surface area contributed by atoms with E-state index in [1.54, 1.807) is 15.5 Å². The van der Waals surface area contributed by atoms with E-state index < -0.39 is 6.36 Å². The molecule has 0 unspecified atom stereocenters. The van der Waals surface area contributed by atoms with Crippen molar-refractivity contribution in [3.8, 4) is 16.9 Å². The SMILES string of the molecule is O=C(Nc1ccccc1)N1C[C@@H]2C[C@H](C1)c1ccc(-c3ccc(OC(F)(F)F)cc3)c(=O)n1C2. The van der Waals surface area contributed by atoms with Crippen LogP contribution >= 0.6 is 0 Å². The third-order valence-electron chi connectivity index (χ3n) is 6.32. The number of anilines is 1. The topological polar surface area (TPSA) is 63.6 Å². The second-order valence-electron chi connectivity index (χ2n) is 8.66. The number of carbonyl (C=O) groups is 1. The summed E-state index contributed by atoms with van der Waals surface area (Å²) in [6, 6.07) is 18.0. The number of hydrogen-bond acceptors (Lipinski definition) is 3. The monoisotopic (exact) mass is 469 g/mol. The summed E-state index contributed by atoms with van der Waals surface area (Å²) in [4.78, 5) is 27.9. The lowest BCUT2D eigenvalue weighted by Crippen LogP contribution is -2.50. The Kier molecular flexibility index (Phi) is 5.55. The van der Waals surface area contributed by atoms with E-state index in [4.69, 9.17) is 0 Å². The van der Waals surface area contributed by atoms with Crippen molar-refractivity contribution in [2.24, 2.45) is 5.92 Å². The van der Waals surface area contributed by atoms with Crippen molar-refractivity contribution in [1.82, 2.24) is 9.47 Å². The smallest absolute Gasteiger partial charge is 0.406 e. The van der Waals surface area contributed by atoms with Crippen LogP contribution in [0.3, 0.4) is 0 Å². The summed E-state index contributed by atoms with van der Waals surface area (Å²) >= 11 is 0. The number of ether oxygens (including phenoxy) is 1. The molecular weight excluding hydrogens is 447 g/mol. The zero-order valence-corrected chi connectivity index (χ0v) is 18.1. The molecule has 0 radical (unpaired) electrons. The molecule has 2 atom stereocenters. The van der Waals surface area contributed by atoms with Crippen LogP contribution in [0.25, 0.3) is 11.1 Å². The van der Waals surface area contributed by atoms with Crippen LogP contribution in [-0.2, 0) is 6.54 Å². The summed E-state index contributed by atoms with van der Waals surface area (Å²) in [7, 11) is 0. The minimum Gasteiger partial charge on any atom is -0.406 e. The molecular formula is C25H22F3N3O3. The van der Waals surface area contributed by atoms with Crippen molar-refractivity contribution in [3.05, 3.63) is 82.8 Å². The van der Waals surface area contributed by atoms with Gasteiger partial charge in [-0.15, -0.1) is 13.2 Å². The van der Waals surface area contributed by atoms with Crippen molar-refractivity contribution in [2.75, 3.05) is 18.4 Å². The van der Waals surface area contributed by atoms with Gasteiger partial charge in [-0.1, -0.05) is 30.3 Å². The number of amides is 2. The normalized spacial score (nSPS) is 19.3. The molecule has 9 heteroatoms. The minimum atomic E-state index is -4.77. The number of aromatic nitrogens is 1. The van der Waals surface area contributed by atoms with Gasteiger partial charge >= 0.3 is 12.4 Å². The summed E-state index contributed by atoms with van der Waals surface area (Å²) < 4.78 is 42.9. The van der Waals surface area contributed by atoms with Crippen LogP contribution in [0.1, 0.15) is 18.0 Å². The molecule has 1 aromatic heterocycles. The average molecular weight is 469 g/mol. The van der Waals surface area contributed by atoms with Crippen LogP contribution in [0, 0.1) is 5.92 Å². The maximum Gasteiger partial charge on any atom is 0.573 e. The highest BCUT2D eigenvalue weighted by molar-refractivity contribution is 5.89. The number of nitrogens with zero attached hydrogens (tertiary/aromatic N) is 2. The number of pyridine rings is 1. The van der Waals surface area contributed by atoms with Crippen LogP contribution in [0.4, 0.5) is 23.7 Å². The standard InChI is InChI=1S/C25H22F3N3O3/c26-25(27,28)34-20-8-6-17(7-9-20)21-10-11-22-18-12-16(14-31(22)23(21)32)13-30(15-18)24(33)29-19-4-2-1-3-5-19/h1-11,16,18H,12-15H2,(H,29,33)/t16-,18+/m0/s1. The molecule has 5 rings (SSSR count). The van der Waals surface area contributed by atoms with Gasteiger partial charge in [0, 0.05) is 42.5 Å². The van der Waals surface area contributed by atoms with Gasteiger partial charge in [0.1, 0.15) is 5.75 Å². The number of hydrogen-bond donors (Lipinski definition) is 1. The Morgan fingerprint density at radius 3 is 2.38 bits per heavy atom. The minimum absolute atomic E-state index is 0.0401. The Morgan fingerprint density at radius 1 is 0.941 bits per heavy atom. The van der Waals surface area contributed by atoms with Crippen LogP contribution in [-0.4, -0.2) is 34.9 Å². The summed E-state index contributed by atoms with van der Waals surface area (Å²) in [6.45, 7) is 1.55. The van der Waals surface area contributed by atoms with Gasteiger partial charge in [0.15, 0.2) is 0 Å². The van der Waals surface area contributed by atoms with E-state index in [2.05, 4.69) is 10.1 Å². The molecule has 1 saturated heterocycles. The molecule has 2 bridgehead atoms. The molecule has 3 aromatic rings. The summed E-state index contributed by atoms with van der Waals surface area (Å²) in [5.74, 6) is -0.153. The summed E-state index contributed by atoms with van der Waals surface area (Å²) in [5.41, 5.74) is 2.37. The first-order valence-corrected chi connectivity index (χ1v) is 11.0. The Balaban J connectivity index is 1.36. The zero-order chi connectivity index (χ0) is 23.9. The first kappa shape index (κ1) is 22.1. The van der Waals surface area contributed by atoms with E-state index in [0.29, 0.717) is 30.8 Å². The lowest BCUT2D eigenvalue weighted by molar-refractivity contribution is -0.274. The number of nitrogens with one attached hydrogen (secondary N) is 1. The van der Waals surface area contributed by atoms with Crippen LogP contribution in [0.2, 0.25) is 0 Å². The fourth-order valence-electron chi connectivity index (χ4n) is 4.89. The molecule has 1 fully saturated rings. The van der Waals surface area contributed by atoms with Gasteiger partial charge in [0.25, 0.3) is 5.56 Å². The third kappa shape index (κ3) is 4.50. The number of benzene rings is 2. The number of rotatable bonds is 3. The molecule has 1 N–H and O–H groups in total. The summed E-state index contributed by atoms with van der Waals surface area (Å²) in [6.07, 6.45) is -3.87. The van der Waals surface area contributed by atoms with Gasteiger partial charge in [-0.3, -0.25) is 4.79 Å². The summed E-state index contributed by atoms with van der Waals surface area (Å²) in [5, 5.41) is 2.92. The second kappa shape index (κ2) is 8.55. The molecule has 2 aromatic carbocycles. The Hall–Kier alpha value is -3.75. The molecule has 6 nitrogen and oxygen atoms in total. The van der Waals surface area contributed by atoms with Crippen LogP contribution in [0.5, 0.6) is 5.75 Å². The average Bonchev–Trinajstić information content (AvgIpc) is 2.80. The van der Waals surface area contributed by atoms with Crippen molar-refractivity contribution >= 4 is 11.7 Å². The van der Waals surface area contributed by atoms with E-state index >= 15 is 0 Å². The number of para-hydroxylation sites is 1. The van der Waals surface area contributed by atoms with Crippen molar-refractivity contribution in [3.63, 3.8) is 0 Å². The fraction of sp³-hybridized carbons (Fsp3) is 0.280. The van der Waals surface area contributed by atoms with Gasteiger partial charge in [-0.2, -0.15) is 0 Å². The van der Waals surface area contributed by atoms with E-state index in [1.165, 1.54) is 24.3 Å². The number of alkyl halides is 3. The molecule has 0 saturated carbocycles. The molecule has 34 heavy (non-hydrogen) atoms. The van der Waals surface area contributed by atoms with E-state index in [-0.39, 0.29) is 29.2 Å². The van der Waals surface area contributed by atoms with Gasteiger partial charge in [0.2, 0.25) is 0 Å². The molecule has 2 aliphatic rings. The van der Waals surface area contributed by atoms with Crippen LogP contribution < -0.4 is 15.6 Å². The van der Waals surface area contributed by atoms with Crippen molar-refractivity contribution in [1.29, 1.82) is 0 Å². The molecule has 0 aliphatic carbocycles. The van der Waals surface area contributed by atoms with Crippen molar-refractivity contribution in [2.45, 2.75) is 25.2 Å².